The summed E-state index contributed by atoms with van der Waals surface area (Å²) in [5.74, 6) is -0.500. The number of fused-ring (bicyclic) bond motifs is 1. The zero-order chi connectivity index (χ0) is 14.0. The third-order valence-electron chi connectivity index (χ3n) is 2.61. The van der Waals surface area contributed by atoms with Crippen LogP contribution in [0.3, 0.4) is 0 Å². The summed E-state index contributed by atoms with van der Waals surface area (Å²) >= 11 is 0. The number of esters is 1. The normalized spacial score (nSPS) is 15.7. The van der Waals surface area contributed by atoms with Crippen LogP contribution in [0.2, 0.25) is 0 Å². The summed E-state index contributed by atoms with van der Waals surface area (Å²) in [6.07, 6.45) is 1.33. The summed E-state index contributed by atoms with van der Waals surface area (Å²) in [6, 6.07) is 4.66. The Bertz CT molecular complexity index is 708. The maximum Gasteiger partial charge on any atom is 0.341 e. The molecule has 0 aliphatic carbocycles. The van der Waals surface area contributed by atoms with E-state index >= 15 is 0 Å². The van der Waals surface area contributed by atoms with Crippen LogP contribution >= 0.6 is 0 Å². The molecule has 0 N–H and O–H groups in total. The average molecular weight is 253 g/mol. The van der Waals surface area contributed by atoms with Gasteiger partial charge in [-0.3, -0.25) is 0 Å². The van der Waals surface area contributed by atoms with Gasteiger partial charge in [-0.15, -0.1) is 0 Å². The number of hydrogen-bond donors (Lipinski definition) is 0. The number of ether oxygens (including phenoxy) is 1. The van der Waals surface area contributed by atoms with Gasteiger partial charge in [0.1, 0.15) is 17.7 Å². The molecule has 92 valence electrons. The van der Waals surface area contributed by atoms with Gasteiger partial charge >= 0.3 is 5.97 Å². The van der Waals surface area contributed by atoms with E-state index in [-0.39, 0.29) is 29.3 Å². The van der Waals surface area contributed by atoms with Gasteiger partial charge in [0.2, 0.25) is 0 Å². The fraction of sp³-hybridized carbons (Fsp3) is 0.250. The molecule has 7 nitrogen and oxygen atoms in total. The number of carbonyl (C=O) groups excluding carboxylic acids is 1. The van der Waals surface area contributed by atoms with Crippen LogP contribution in [-0.4, -0.2) is 22.9 Å². The maximum atomic E-state index is 11.7. The second-order valence-corrected chi connectivity index (χ2v) is 3.62. The second-order valence-electron chi connectivity index (χ2n) is 3.62. The molecule has 0 amide bonds. The van der Waals surface area contributed by atoms with Crippen LogP contribution in [0.4, 0.5) is 5.82 Å². The maximum absolute atomic E-state index is 11.7. The standard InChI is InChI=1S/C12H7N5O2/c1-2-19-12(18)8-6-17-10(5-15)9(4-14)16-11(17)7(8)3-13/h6,10H,2H2,1H3. The molecule has 1 aliphatic rings. The lowest BCUT2D eigenvalue weighted by Crippen LogP contribution is -2.11. The van der Waals surface area contributed by atoms with Crippen molar-refractivity contribution in [3.8, 4) is 18.2 Å². The first-order valence-electron chi connectivity index (χ1n) is 5.38. The Morgan fingerprint density at radius 2 is 2.21 bits per heavy atom. The summed E-state index contributed by atoms with van der Waals surface area (Å²) in [7, 11) is 0. The van der Waals surface area contributed by atoms with Gasteiger partial charge in [-0.1, -0.05) is 0 Å². The molecule has 1 aromatic rings. The molecule has 1 atom stereocenters. The van der Waals surface area contributed by atoms with Gasteiger partial charge in [0.05, 0.1) is 18.2 Å². The lowest BCUT2D eigenvalue weighted by atomic mass is 10.2. The van der Waals surface area contributed by atoms with Gasteiger partial charge in [-0.2, -0.15) is 15.8 Å². The average Bonchev–Trinajstić information content (AvgIpc) is 2.92. The van der Waals surface area contributed by atoms with Crippen LogP contribution in [0.1, 0.15) is 28.9 Å². The van der Waals surface area contributed by atoms with Gasteiger partial charge in [0.25, 0.3) is 0 Å². The minimum Gasteiger partial charge on any atom is -0.462 e. The predicted octanol–water partition coefficient (Wildman–Crippen LogP) is 1.21. The van der Waals surface area contributed by atoms with Crippen molar-refractivity contribution in [3.63, 3.8) is 0 Å². The first kappa shape index (κ1) is 12.3. The van der Waals surface area contributed by atoms with Crippen LogP contribution in [0.5, 0.6) is 0 Å². The Morgan fingerprint density at radius 3 is 2.74 bits per heavy atom. The van der Waals surface area contributed by atoms with Crippen LogP contribution in [0, 0.1) is 34.0 Å². The molecule has 2 heterocycles. The molecule has 0 radical (unpaired) electrons. The fourth-order valence-corrected chi connectivity index (χ4v) is 1.82. The van der Waals surface area contributed by atoms with Crippen molar-refractivity contribution in [3.05, 3.63) is 17.3 Å². The van der Waals surface area contributed by atoms with Crippen molar-refractivity contribution in [2.24, 2.45) is 4.99 Å². The lowest BCUT2D eigenvalue weighted by molar-refractivity contribution is 0.0526. The van der Waals surface area contributed by atoms with E-state index in [1.165, 1.54) is 10.8 Å². The molecule has 19 heavy (non-hydrogen) atoms. The predicted molar refractivity (Wildman–Crippen MR) is 62.5 cm³/mol. The van der Waals surface area contributed by atoms with E-state index < -0.39 is 12.0 Å². The van der Waals surface area contributed by atoms with Gasteiger partial charge < -0.3 is 9.30 Å². The molecule has 7 heteroatoms. The van der Waals surface area contributed by atoms with Crippen molar-refractivity contribution in [1.29, 1.82) is 15.8 Å². The molecule has 0 fully saturated rings. The van der Waals surface area contributed by atoms with Gasteiger partial charge in [0, 0.05) is 6.20 Å². The molecule has 1 unspecified atom stereocenters. The van der Waals surface area contributed by atoms with E-state index in [1.807, 2.05) is 12.1 Å². The van der Waals surface area contributed by atoms with E-state index in [4.69, 9.17) is 20.5 Å². The van der Waals surface area contributed by atoms with Crippen molar-refractivity contribution in [2.45, 2.75) is 13.0 Å². The number of rotatable bonds is 2. The quantitative estimate of drug-likeness (QED) is 0.734. The van der Waals surface area contributed by atoms with E-state index in [0.717, 1.165) is 0 Å². The molecule has 2 rings (SSSR count). The van der Waals surface area contributed by atoms with E-state index in [1.54, 1.807) is 13.0 Å². The summed E-state index contributed by atoms with van der Waals surface area (Å²) in [4.78, 5) is 15.6. The molecular formula is C12H7N5O2. The summed E-state index contributed by atoms with van der Waals surface area (Å²) in [5.41, 5.74) is 0.0775. The topological polar surface area (TPSA) is 115 Å². The number of nitriles is 3. The van der Waals surface area contributed by atoms with Crippen LogP contribution in [0.25, 0.3) is 0 Å². The zero-order valence-corrected chi connectivity index (χ0v) is 9.91. The third-order valence-corrected chi connectivity index (χ3v) is 2.61. The highest BCUT2D eigenvalue weighted by atomic mass is 16.5. The van der Waals surface area contributed by atoms with Crippen molar-refractivity contribution < 1.29 is 9.53 Å². The number of hydrogen-bond acceptors (Lipinski definition) is 6. The molecule has 0 spiro atoms. The second kappa shape index (κ2) is 4.64. The SMILES string of the molecule is CCOC(=O)c1cn2c(c1C#N)N=C(C#N)C2C#N. The monoisotopic (exact) mass is 253 g/mol. The summed E-state index contributed by atoms with van der Waals surface area (Å²) in [5, 5.41) is 27.0. The number of carbonyl (C=O) groups is 1. The molecule has 1 aromatic heterocycles. The molecule has 0 saturated carbocycles. The van der Waals surface area contributed by atoms with Gasteiger partial charge in [0.15, 0.2) is 17.6 Å². The van der Waals surface area contributed by atoms with Crippen LogP contribution < -0.4 is 0 Å². The van der Waals surface area contributed by atoms with E-state index in [9.17, 15) is 4.79 Å². The highest BCUT2D eigenvalue weighted by molar-refractivity contribution is 6.08. The molecule has 1 aliphatic heterocycles. The molecule has 0 aromatic carbocycles. The number of nitrogens with zero attached hydrogens (tertiary/aromatic N) is 5. The Labute approximate surface area is 108 Å². The van der Waals surface area contributed by atoms with Crippen LogP contribution in [0.15, 0.2) is 11.2 Å². The minimum absolute atomic E-state index is 0.00408. The summed E-state index contributed by atoms with van der Waals surface area (Å²) in [6.45, 7) is 1.83. The number of aliphatic imine (C=N–C) groups is 1. The third kappa shape index (κ3) is 1.72. The minimum atomic E-state index is -0.907. The first-order chi connectivity index (χ1) is 9.17. The smallest absolute Gasteiger partial charge is 0.341 e. The van der Waals surface area contributed by atoms with Crippen molar-refractivity contribution >= 4 is 17.5 Å². The Balaban J connectivity index is 2.60. The molecule has 0 bridgehead atoms. The fourth-order valence-electron chi connectivity index (χ4n) is 1.82. The zero-order valence-electron chi connectivity index (χ0n) is 9.91. The van der Waals surface area contributed by atoms with Crippen LogP contribution in [-0.2, 0) is 4.74 Å². The summed E-state index contributed by atoms with van der Waals surface area (Å²) < 4.78 is 6.17. The molecular weight excluding hydrogens is 246 g/mol. The lowest BCUT2D eigenvalue weighted by Gasteiger charge is -2.02. The van der Waals surface area contributed by atoms with Gasteiger partial charge in [-0.25, -0.2) is 9.79 Å². The Hall–Kier alpha value is -3.11. The van der Waals surface area contributed by atoms with Crippen molar-refractivity contribution in [1.82, 2.24) is 4.57 Å². The van der Waals surface area contributed by atoms with Crippen molar-refractivity contribution in [2.75, 3.05) is 6.61 Å². The number of aromatic nitrogens is 1. The highest BCUT2D eigenvalue weighted by Crippen LogP contribution is 2.34. The largest absolute Gasteiger partial charge is 0.462 e. The Morgan fingerprint density at radius 1 is 1.47 bits per heavy atom. The highest BCUT2D eigenvalue weighted by Gasteiger charge is 2.32. The first-order valence-corrected chi connectivity index (χ1v) is 5.38. The molecule has 0 saturated heterocycles. The van der Waals surface area contributed by atoms with Gasteiger partial charge in [-0.05, 0) is 6.92 Å². The van der Waals surface area contributed by atoms with E-state index in [2.05, 4.69) is 4.99 Å². The van der Waals surface area contributed by atoms with E-state index in [0.29, 0.717) is 0 Å². The Kier molecular flexibility index (Phi) is 3.01.